The molecule has 4 unspecified atom stereocenters. The predicted molar refractivity (Wildman–Crippen MR) is 77.3 cm³/mol. The largest absolute Gasteiger partial charge is 0.481 e. The Morgan fingerprint density at radius 1 is 1.14 bits per heavy atom. The summed E-state index contributed by atoms with van der Waals surface area (Å²) in [4.78, 5) is 45.2. The van der Waals surface area contributed by atoms with Crippen LogP contribution in [0.2, 0.25) is 0 Å². The minimum absolute atomic E-state index is 0.0291. The van der Waals surface area contributed by atoms with Crippen molar-refractivity contribution in [1.82, 2.24) is 10.6 Å². The van der Waals surface area contributed by atoms with E-state index in [0.717, 1.165) is 6.92 Å². The Balaban J connectivity index is 5.01. The smallest absolute Gasteiger partial charge is 0.328 e. The molecule has 7 N–H and O–H groups in total. The Bertz CT molecular complexity index is 443. The van der Waals surface area contributed by atoms with Gasteiger partial charge in [0.2, 0.25) is 11.8 Å². The normalized spacial score (nSPS) is 16.0. The summed E-state index contributed by atoms with van der Waals surface area (Å²) in [5.41, 5.74) is 5.39. The van der Waals surface area contributed by atoms with Crippen LogP contribution in [0.3, 0.4) is 0 Å². The van der Waals surface area contributed by atoms with Gasteiger partial charge in [0, 0.05) is 5.75 Å². The van der Waals surface area contributed by atoms with Crippen LogP contribution in [0.5, 0.6) is 0 Å². The van der Waals surface area contributed by atoms with E-state index in [1.807, 2.05) is 5.32 Å². The Labute approximate surface area is 131 Å². The number of amides is 2. The number of aliphatic hydroxyl groups is 1. The number of rotatable bonds is 9. The number of carbonyl (C=O) groups is 4. The average molecular weight is 337 g/mol. The minimum Gasteiger partial charge on any atom is -0.481 e. The zero-order chi connectivity index (χ0) is 17.4. The fraction of sp³-hybridized carbons (Fsp3) is 0.636. The third-order valence-electron chi connectivity index (χ3n) is 2.59. The highest BCUT2D eigenvalue weighted by Crippen LogP contribution is 1.99. The second-order valence-electron chi connectivity index (χ2n) is 4.51. The first kappa shape index (κ1) is 20.1. The molecule has 0 aliphatic rings. The molecule has 4 atom stereocenters. The maximum absolute atomic E-state index is 11.9. The molecule has 0 bridgehead atoms. The predicted octanol–water partition coefficient (Wildman–Crippen LogP) is -2.85. The highest BCUT2D eigenvalue weighted by molar-refractivity contribution is 7.80. The summed E-state index contributed by atoms with van der Waals surface area (Å²) in [6.45, 7) is 1.14. The van der Waals surface area contributed by atoms with Crippen molar-refractivity contribution >= 4 is 36.4 Å². The van der Waals surface area contributed by atoms with Crippen molar-refractivity contribution in [2.75, 3.05) is 5.75 Å². The van der Waals surface area contributed by atoms with Crippen LogP contribution >= 0.6 is 12.6 Å². The average Bonchev–Trinajstić information content (AvgIpc) is 2.41. The van der Waals surface area contributed by atoms with Crippen molar-refractivity contribution in [3.05, 3.63) is 0 Å². The second kappa shape index (κ2) is 9.23. The summed E-state index contributed by atoms with van der Waals surface area (Å²) < 4.78 is 0. The van der Waals surface area contributed by atoms with Gasteiger partial charge in [-0.15, -0.1) is 0 Å². The van der Waals surface area contributed by atoms with Crippen LogP contribution in [0.25, 0.3) is 0 Å². The van der Waals surface area contributed by atoms with E-state index in [9.17, 15) is 24.3 Å². The molecule has 0 radical (unpaired) electrons. The van der Waals surface area contributed by atoms with E-state index in [2.05, 4.69) is 17.9 Å². The van der Waals surface area contributed by atoms with Crippen LogP contribution < -0.4 is 16.4 Å². The number of carbonyl (C=O) groups excluding carboxylic acids is 2. The fourth-order valence-corrected chi connectivity index (χ4v) is 1.55. The minimum atomic E-state index is -1.64. The molecule has 0 rings (SSSR count). The molecule has 0 fully saturated rings. The lowest BCUT2D eigenvalue weighted by Gasteiger charge is -2.22. The first-order chi connectivity index (χ1) is 10.1. The number of thiol groups is 1. The molecule has 11 heteroatoms. The van der Waals surface area contributed by atoms with E-state index in [0.29, 0.717) is 0 Å². The molecule has 2 amide bonds. The standard InChI is InChI=1S/C11H19N3O7S/c1-4(15)8(11(20)21)14-10(19)6(2-7(16)17)13-9(18)5(12)3-22/h4-6,8,15,22H,2-3,12H2,1H3,(H,13,18)(H,14,19)(H,16,17)(H,20,21). The maximum atomic E-state index is 11.9. The van der Waals surface area contributed by atoms with Crippen molar-refractivity contribution in [2.24, 2.45) is 5.73 Å². The number of hydrogen-bond donors (Lipinski definition) is 7. The molecular formula is C11H19N3O7S. The molecule has 0 aromatic heterocycles. The molecule has 10 nitrogen and oxygen atoms in total. The Hall–Kier alpha value is -1.85. The number of aliphatic carboxylic acids is 2. The summed E-state index contributed by atoms with van der Waals surface area (Å²) in [7, 11) is 0. The zero-order valence-corrected chi connectivity index (χ0v) is 12.6. The molecule has 22 heavy (non-hydrogen) atoms. The summed E-state index contributed by atoms with van der Waals surface area (Å²) in [5, 5.41) is 30.9. The summed E-state index contributed by atoms with van der Waals surface area (Å²) in [5.74, 6) is -4.78. The van der Waals surface area contributed by atoms with Gasteiger partial charge in [0.15, 0.2) is 6.04 Å². The van der Waals surface area contributed by atoms with Crippen LogP contribution in [0, 0.1) is 0 Å². The molecule has 0 saturated heterocycles. The second-order valence-corrected chi connectivity index (χ2v) is 4.88. The van der Waals surface area contributed by atoms with Gasteiger partial charge in [-0.1, -0.05) is 0 Å². The summed E-state index contributed by atoms with van der Waals surface area (Å²) >= 11 is 3.79. The quantitative estimate of drug-likeness (QED) is 0.220. The van der Waals surface area contributed by atoms with Crippen LogP contribution in [0.1, 0.15) is 13.3 Å². The molecule has 0 aromatic rings. The SMILES string of the molecule is CC(O)C(NC(=O)C(CC(=O)O)NC(=O)C(N)CS)C(=O)O. The van der Waals surface area contributed by atoms with Crippen molar-refractivity contribution in [2.45, 2.75) is 37.6 Å². The molecule has 0 heterocycles. The molecule has 0 aliphatic heterocycles. The van der Waals surface area contributed by atoms with Gasteiger partial charge in [-0.05, 0) is 6.92 Å². The topological polar surface area (TPSA) is 179 Å². The third kappa shape index (κ3) is 6.74. The van der Waals surface area contributed by atoms with Crippen LogP contribution in [-0.2, 0) is 19.2 Å². The lowest BCUT2D eigenvalue weighted by atomic mass is 10.1. The van der Waals surface area contributed by atoms with E-state index >= 15 is 0 Å². The highest BCUT2D eigenvalue weighted by atomic mass is 32.1. The molecule has 0 saturated carbocycles. The maximum Gasteiger partial charge on any atom is 0.328 e. The van der Waals surface area contributed by atoms with Gasteiger partial charge in [0.05, 0.1) is 18.6 Å². The number of aliphatic hydroxyl groups excluding tert-OH is 1. The van der Waals surface area contributed by atoms with E-state index in [1.165, 1.54) is 0 Å². The molecular weight excluding hydrogens is 318 g/mol. The molecule has 126 valence electrons. The number of carboxylic acid groups (broad SMARTS) is 2. The van der Waals surface area contributed by atoms with Crippen molar-refractivity contribution < 1.29 is 34.5 Å². The van der Waals surface area contributed by atoms with E-state index in [1.54, 1.807) is 0 Å². The first-order valence-electron chi connectivity index (χ1n) is 6.20. The van der Waals surface area contributed by atoms with Crippen LogP contribution in [-0.4, -0.2) is 69.1 Å². The van der Waals surface area contributed by atoms with Gasteiger partial charge in [0.25, 0.3) is 0 Å². The van der Waals surface area contributed by atoms with E-state index in [4.69, 9.17) is 15.9 Å². The molecule has 0 aromatic carbocycles. The lowest BCUT2D eigenvalue weighted by Crippen LogP contribution is -2.57. The Morgan fingerprint density at radius 3 is 2.05 bits per heavy atom. The summed E-state index contributed by atoms with van der Waals surface area (Å²) in [6, 6.07) is -4.23. The van der Waals surface area contributed by atoms with Crippen molar-refractivity contribution in [1.29, 1.82) is 0 Å². The fourth-order valence-electron chi connectivity index (χ4n) is 1.39. The van der Waals surface area contributed by atoms with Crippen LogP contribution in [0.15, 0.2) is 0 Å². The van der Waals surface area contributed by atoms with Gasteiger partial charge in [-0.25, -0.2) is 4.79 Å². The van der Waals surface area contributed by atoms with Gasteiger partial charge in [-0.3, -0.25) is 14.4 Å². The number of carboxylic acids is 2. The first-order valence-corrected chi connectivity index (χ1v) is 6.83. The van der Waals surface area contributed by atoms with Gasteiger partial charge in [-0.2, -0.15) is 12.6 Å². The van der Waals surface area contributed by atoms with Gasteiger partial charge < -0.3 is 31.7 Å². The summed E-state index contributed by atoms with van der Waals surface area (Å²) in [6.07, 6.45) is -2.19. The third-order valence-corrected chi connectivity index (χ3v) is 2.98. The Kier molecular flexibility index (Phi) is 8.45. The zero-order valence-electron chi connectivity index (χ0n) is 11.7. The molecule has 0 spiro atoms. The number of nitrogens with two attached hydrogens (primary N) is 1. The van der Waals surface area contributed by atoms with Gasteiger partial charge >= 0.3 is 11.9 Å². The van der Waals surface area contributed by atoms with E-state index < -0.39 is 54.4 Å². The lowest BCUT2D eigenvalue weighted by molar-refractivity contribution is -0.145. The molecule has 0 aliphatic carbocycles. The Morgan fingerprint density at radius 2 is 1.68 bits per heavy atom. The highest BCUT2D eigenvalue weighted by Gasteiger charge is 2.31. The monoisotopic (exact) mass is 337 g/mol. The number of hydrogen-bond acceptors (Lipinski definition) is 7. The number of nitrogens with one attached hydrogen (secondary N) is 2. The van der Waals surface area contributed by atoms with E-state index in [-0.39, 0.29) is 5.75 Å². The van der Waals surface area contributed by atoms with Crippen molar-refractivity contribution in [3.63, 3.8) is 0 Å². The van der Waals surface area contributed by atoms with Crippen molar-refractivity contribution in [3.8, 4) is 0 Å². The van der Waals surface area contributed by atoms with Gasteiger partial charge in [0.1, 0.15) is 6.04 Å². The van der Waals surface area contributed by atoms with Crippen LogP contribution in [0.4, 0.5) is 0 Å².